The number of nitrogens with zero attached hydrogens (tertiary/aromatic N) is 2. The lowest BCUT2D eigenvalue weighted by Crippen LogP contribution is -2.26. The number of nitrogens with one attached hydrogen (secondary N) is 1. The first kappa shape index (κ1) is 23.8. The highest BCUT2D eigenvalue weighted by molar-refractivity contribution is 5.90. The van der Waals surface area contributed by atoms with E-state index in [1.54, 1.807) is 20.5 Å². The number of aromatic nitrogens is 2. The van der Waals surface area contributed by atoms with Crippen LogP contribution < -0.4 is 19.7 Å². The quantitative estimate of drug-likeness (QED) is 0.272. The summed E-state index contributed by atoms with van der Waals surface area (Å²) in [6, 6.07) is 28.8. The number of hydrogen-bond donors (Lipinski definition) is 1. The van der Waals surface area contributed by atoms with Crippen molar-refractivity contribution in [1.29, 1.82) is 5.41 Å². The predicted molar refractivity (Wildman–Crippen MR) is 147 cm³/mol. The Hall–Kier alpha value is -4.58. The fraction of sp³-hybridized carbons (Fsp3) is 0.188. The molecule has 1 aliphatic heterocycles. The maximum atomic E-state index is 8.90. The molecule has 0 saturated heterocycles. The molecule has 4 aromatic carbocycles. The summed E-state index contributed by atoms with van der Waals surface area (Å²) < 4.78 is 19.8. The summed E-state index contributed by atoms with van der Waals surface area (Å²) in [5.41, 5.74) is 4.27. The summed E-state index contributed by atoms with van der Waals surface area (Å²) in [6.45, 7) is 0.728. The first-order valence-corrected chi connectivity index (χ1v) is 12.8. The van der Waals surface area contributed by atoms with Crippen LogP contribution in [0.25, 0.3) is 10.8 Å². The molecular formula is C32H29N3O3. The Morgan fingerprint density at radius 3 is 2.47 bits per heavy atom. The Balaban J connectivity index is 1.51. The van der Waals surface area contributed by atoms with E-state index in [4.69, 9.17) is 19.6 Å². The lowest BCUT2D eigenvalue weighted by atomic mass is 9.81. The Morgan fingerprint density at radius 1 is 0.868 bits per heavy atom. The van der Waals surface area contributed by atoms with E-state index in [1.165, 1.54) is 5.56 Å². The molecule has 0 aliphatic carbocycles. The summed E-state index contributed by atoms with van der Waals surface area (Å²) in [5, 5.41) is 11.1. The molecule has 0 bridgehead atoms. The number of hydrogen-bond acceptors (Lipinski definition) is 5. The van der Waals surface area contributed by atoms with Crippen molar-refractivity contribution in [2.45, 2.75) is 25.3 Å². The van der Waals surface area contributed by atoms with Crippen molar-refractivity contribution in [3.05, 3.63) is 119 Å². The lowest BCUT2D eigenvalue weighted by Gasteiger charge is -2.31. The fourth-order valence-electron chi connectivity index (χ4n) is 5.41. The molecule has 1 unspecified atom stereocenters. The topological polar surface area (TPSA) is 69.4 Å². The van der Waals surface area contributed by atoms with E-state index in [-0.39, 0.29) is 11.4 Å². The molecule has 190 valence electrons. The van der Waals surface area contributed by atoms with Crippen LogP contribution >= 0.6 is 0 Å². The van der Waals surface area contributed by atoms with Gasteiger partial charge in [-0.25, -0.2) is 4.98 Å². The Bertz CT molecular complexity index is 1680. The maximum absolute atomic E-state index is 8.90. The van der Waals surface area contributed by atoms with Crippen LogP contribution in [0.2, 0.25) is 0 Å². The Morgan fingerprint density at radius 2 is 1.66 bits per heavy atom. The molecule has 1 aromatic heterocycles. The molecule has 6 heteroatoms. The van der Waals surface area contributed by atoms with Crippen LogP contribution in [0.4, 0.5) is 0 Å². The molecule has 38 heavy (non-hydrogen) atoms. The van der Waals surface area contributed by atoms with Crippen molar-refractivity contribution in [2.75, 3.05) is 14.2 Å². The Labute approximate surface area is 221 Å². The van der Waals surface area contributed by atoms with E-state index < -0.39 is 0 Å². The van der Waals surface area contributed by atoms with Crippen LogP contribution in [-0.2, 0) is 13.0 Å². The molecule has 6 rings (SSSR count). The largest absolute Gasteiger partial charge is 0.493 e. The molecule has 0 fully saturated rings. The highest BCUT2D eigenvalue weighted by Crippen LogP contribution is 2.49. The van der Waals surface area contributed by atoms with E-state index in [0.717, 1.165) is 52.6 Å². The first-order valence-electron chi connectivity index (χ1n) is 12.8. The number of benzene rings is 4. The summed E-state index contributed by atoms with van der Waals surface area (Å²) in [5.74, 6) is 2.50. The van der Waals surface area contributed by atoms with Gasteiger partial charge in [0.1, 0.15) is 5.75 Å². The molecule has 6 nitrogen and oxygen atoms in total. The van der Waals surface area contributed by atoms with Gasteiger partial charge in [0.2, 0.25) is 5.88 Å². The van der Waals surface area contributed by atoms with Gasteiger partial charge in [-0.15, -0.1) is 0 Å². The highest BCUT2D eigenvalue weighted by Gasteiger charge is 2.34. The van der Waals surface area contributed by atoms with E-state index >= 15 is 0 Å². The minimum atomic E-state index is -0.263. The van der Waals surface area contributed by atoms with E-state index in [0.29, 0.717) is 17.4 Å². The van der Waals surface area contributed by atoms with E-state index in [2.05, 4.69) is 47.4 Å². The smallest absolute Gasteiger partial charge is 0.209 e. The molecule has 1 N–H and O–H groups in total. The van der Waals surface area contributed by atoms with Crippen LogP contribution in [0.15, 0.2) is 91.3 Å². The molecule has 0 amide bonds. The van der Waals surface area contributed by atoms with Gasteiger partial charge in [0, 0.05) is 18.0 Å². The van der Waals surface area contributed by atoms with Gasteiger partial charge in [-0.1, -0.05) is 66.7 Å². The molecule has 5 aromatic rings. The third kappa shape index (κ3) is 4.18. The molecule has 1 atom stereocenters. The molecule has 2 heterocycles. The van der Waals surface area contributed by atoms with Gasteiger partial charge in [0.15, 0.2) is 17.0 Å². The van der Waals surface area contributed by atoms with Crippen LogP contribution in [0.1, 0.15) is 34.6 Å². The molecule has 0 spiro atoms. The minimum Gasteiger partial charge on any atom is -0.493 e. The van der Waals surface area contributed by atoms with E-state index in [1.807, 2.05) is 47.0 Å². The molecular weight excluding hydrogens is 474 g/mol. The number of aryl methyl sites for hydroxylation is 2. The predicted octanol–water partition coefficient (Wildman–Crippen LogP) is 6.45. The van der Waals surface area contributed by atoms with Crippen molar-refractivity contribution < 1.29 is 14.2 Å². The summed E-state index contributed by atoms with van der Waals surface area (Å²) >= 11 is 0. The van der Waals surface area contributed by atoms with Crippen molar-refractivity contribution in [2.24, 2.45) is 0 Å². The van der Waals surface area contributed by atoms with Crippen LogP contribution in [-0.4, -0.2) is 23.8 Å². The van der Waals surface area contributed by atoms with Crippen molar-refractivity contribution >= 4 is 10.8 Å². The second-order valence-corrected chi connectivity index (χ2v) is 9.44. The second-order valence-electron chi connectivity index (χ2n) is 9.44. The van der Waals surface area contributed by atoms with E-state index in [9.17, 15) is 0 Å². The van der Waals surface area contributed by atoms with Crippen molar-refractivity contribution in [1.82, 2.24) is 9.55 Å². The monoisotopic (exact) mass is 503 g/mol. The highest BCUT2D eigenvalue weighted by atomic mass is 16.5. The van der Waals surface area contributed by atoms with Crippen LogP contribution in [0.5, 0.6) is 23.1 Å². The zero-order chi connectivity index (χ0) is 26.1. The fourth-order valence-corrected chi connectivity index (χ4v) is 5.41. The number of rotatable bonds is 7. The van der Waals surface area contributed by atoms with Gasteiger partial charge < -0.3 is 18.8 Å². The first-order chi connectivity index (χ1) is 18.7. The standard InChI is InChI=1S/C32H29N3O3/c1-36-25-16-15-23(19-27(25)37-2)28-29-24-13-7-6-12-22(24)14-17-26(29)38-32-30(28)31(33)34-20-35(32)18-8-11-21-9-4-3-5-10-21/h3-7,9-10,12-17,19-20,28,33H,8,11,18H2,1-2H3. The zero-order valence-electron chi connectivity index (χ0n) is 21.5. The third-order valence-electron chi connectivity index (χ3n) is 7.24. The third-order valence-corrected chi connectivity index (χ3v) is 7.24. The normalized spacial score (nSPS) is 13.9. The number of ether oxygens (including phenoxy) is 3. The summed E-state index contributed by atoms with van der Waals surface area (Å²) in [6.07, 6.45) is 3.60. The van der Waals surface area contributed by atoms with Crippen molar-refractivity contribution in [3.63, 3.8) is 0 Å². The summed E-state index contributed by atoms with van der Waals surface area (Å²) in [4.78, 5) is 4.52. The second kappa shape index (κ2) is 10.1. The average molecular weight is 504 g/mol. The van der Waals surface area contributed by atoms with Crippen molar-refractivity contribution in [3.8, 4) is 23.1 Å². The maximum Gasteiger partial charge on any atom is 0.209 e. The van der Waals surface area contributed by atoms with Gasteiger partial charge in [-0.05, 0) is 52.9 Å². The van der Waals surface area contributed by atoms with Gasteiger partial charge >= 0.3 is 0 Å². The molecule has 1 aliphatic rings. The van der Waals surface area contributed by atoms with Gasteiger partial charge in [-0.3, -0.25) is 5.41 Å². The zero-order valence-corrected chi connectivity index (χ0v) is 21.5. The lowest BCUT2D eigenvalue weighted by molar-refractivity contribution is 0.354. The van der Waals surface area contributed by atoms with Crippen LogP contribution in [0, 0.1) is 5.41 Å². The SMILES string of the molecule is COc1ccc(C2c3c(n(CCCc4ccccc4)cnc3=N)Oc3ccc4ccccc4c32)cc1OC. The molecule has 0 saturated carbocycles. The molecule has 0 radical (unpaired) electrons. The minimum absolute atomic E-state index is 0.206. The van der Waals surface area contributed by atoms with Crippen LogP contribution in [0.3, 0.4) is 0 Å². The number of fused-ring (bicyclic) bond motifs is 4. The van der Waals surface area contributed by atoms with Gasteiger partial charge in [-0.2, -0.15) is 0 Å². The van der Waals surface area contributed by atoms with Gasteiger partial charge in [0.05, 0.1) is 26.1 Å². The number of methoxy groups -OCH3 is 2. The average Bonchev–Trinajstić information content (AvgIpc) is 2.97. The van der Waals surface area contributed by atoms with Gasteiger partial charge in [0.25, 0.3) is 0 Å². The Kier molecular flexibility index (Phi) is 6.30. The summed E-state index contributed by atoms with van der Waals surface area (Å²) in [7, 11) is 3.27.